The Morgan fingerprint density at radius 1 is 1.00 bits per heavy atom. The van der Waals surface area contributed by atoms with Crippen molar-refractivity contribution in [1.29, 1.82) is 0 Å². The topological polar surface area (TPSA) is 163 Å². The third-order valence-electron chi connectivity index (χ3n) is 12.8. The summed E-state index contributed by atoms with van der Waals surface area (Å²) in [6, 6.07) is 0. The fourth-order valence-corrected chi connectivity index (χ4v) is 10.4. The first-order chi connectivity index (χ1) is 21.3. The van der Waals surface area contributed by atoms with Crippen LogP contribution in [0.15, 0.2) is 11.6 Å². The summed E-state index contributed by atoms with van der Waals surface area (Å²) in [5, 5.41) is 25.1. The lowest BCUT2D eigenvalue weighted by Crippen LogP contribution is -2.63. The quantitative estimate of drug-likeness (QED) is 0.307. The number of ether oxygens (including phenoxy) is 4. The van der Waals surface area contributed by atoms with Gasteiger partial charge in [-0.15, -0.1) is 0 Å². The van der Waals surface area contributed by atoms with Crippen molar-refractivity contribution in [1.82, 2.24) is 0 Å². The Morgan fingerprint density at radius 3 is 2.20 bits per heavy atom. The second-order valence-corrected chi connectivity index (χ2v) is 15.4. The number of hydrogen-bond acceptors (Lipinski definition) is 11. The van der Waals surface area contributed by atoms with E-state index in [-0.39, 0.29) is 36.4 Å². The van der Waals surface area contributed by atoms with Gasteiger partial charge < -0.3 is 29.2 Å². The Bertz CT molecular complexity index is 1340. The van der Waals surface area contributed by atoms with Crippen LogP contribution in [0.4, 0.5) is 0 Å². The zero-order chi connectivity index (χ0) is 34.1. The molecule has 13 unspecified atom stereocenters. The number of aliphatic hydroxyl groups is 2. The second kappa shape index (κ2) is 11.7. The average molecular weight is 647 g/mol. The van der Waals surface area contributed by atoms with Gasteiger partial charge in [-0.2, -0.15) is 0 Å². The molecular formula is C35H50O11. The maximum Gasteiger partial charge on any atom is 0.309 e. The number of fused-ring (bicyclic) bond motifs is 5. The van der Waals surface area contributed by atoms with Crippen LogP contribution < -0.4 is 0 Å². The number of ketones is 1. The Balaban J connectivity index is 1.48. The summed E-state index contributed by atoms with van der Waals surface area (Å²) >= 11 is 0. The van der Waals surface area contributed by atoms with Gasteiger partial charge in [0.25, 0.3) is 0 Å². The van der Waals surface area contributed by atoms with Crippen molar-refractivity contribution in [2.75, 3.05) is 0 Å². The first-order valence-electron chi connectivity index (χ1n) is 16.7. The molecule has 5 aliphatic rings. The lowest BCUT2D eigenvalue weighted by atomic mass is 9.45. The van der Waals surface area contributed by atoms with E-state index in [1.54, 1.807) is 26.8 Å². The summed E-state index contributed by atoms with van der Waals surface area (Å²) in [6.07, 6.45) is 1.34. The van der Waals surface area contributed by atoms with Crippen LogP contribution in [0.5, 0.6) is 0 Å². The Labute approximate surface area is 270 Å². The molecular weight excluding hydrogens is 596 g/mol. The number of carbonyl (C=O) groups excluding carboxylic acids is 5. The van der Waals surface area contributed by atoms with Gasteiger partial charge in [0.1, 0.15) is 30.0 Å². The van der Waals surface area contributed by atoms with Gasteiger partial charge in [0, 0.05) is 38.0 Å². The summed E-state index contributed by atoms with van der Waals surface area (Å²) in [5.74, 6) is -3.94. The lowest BCUT2D eigenvalue weighted by molar-refractivity contribution is -0.197. The van der Waals surface area contributed by atoms with Gasteiger partial charge in [-0.1, -0.05) is 20.8 Å². The van der Waals surface area contributed by atoms with Crippen molar-refractivity contribution in [3.05, 3.63) is 11.6 Å². The highest BCUT2D eigenvalue weighted by Gasteiger charge is 2.70. The molecule has 256 valence electrons. The molecule has 0 bridgehead atoms. The van der Waals surface area contributed by atoms with E-state index in [2.05, 4.69) is 0 Å². The molecule has 3 saturated carbocycles. The second-order valence-electron chi connectivity index (χ2n) is 15.4. The van der Waals surface area contributed by atoms with Crippen molar-refractivity contribution in [3.63, 3.8) is 0 Å². The van der Waals surface area contributed by atoms with E-state index < -0.39 is 82.1 Å². The van der Waals surface area contributed by atoms with Crippen LogP contribution in [0, 0.1) is 40.4 Å². The summed E-state index contributed by atoms with van der Waals surface area (Å²) in [4.78, 5) is 62.5. The molecule has 1 aliphatic heterocycles. The average Bonchev–Trinajstić information content (AvgIpc) is 3.35. The van der Waals surface area contributed by atoms with Gasteiger partial charge in [0.15, 0.2) is 5.78 Å². The van der Waals surface area contributed by atoms with Gasteiger partial charge in [-0.3, -0.25) is 24.0 Å². The van der Waals surface area contributed by atoms with Crippen molar-refractivity contribution >= 4 is 29.7 Å². The molecule has 1 saturated heterocycles. The third kappa shape index (κ3) is 5.39. The molecule has 46 heavy (non-hydrogen) atoms. The van der Waals surface area contributed by atoms with Gasteiger partial charge in [0.2, 0.25) is 0 Å². The maximum atomic E-state index is 13.9. The van der Waals surface area contributed by atoms with E-state index >= 15 is 0 Å². The monoisotopic (exact) mass is 646 g/mol. The summed E-state index contributed by atoms with van der Waals surface area (Å²) < 4.78 is 22.4. The molecule has 13 atom stereocenters. The minimum Gasteiger partial charge on any atom is -0.462 e. The van der Waals surface area contributed by atoms with E-state index in [9.17, 15) is 34.2 Å². The molecule has 1 heterocycles. The summed E-state index contributed by atoms with van der Waals surface area (Å²) in [6.45, 7) is 13.1. The van der Waals surface area contributed by atoms with E-state index in [4.69, 9.17) is 18.9 Å². The Kier molecular flexibility index (Phi) is 8.80. The molecule has 0 spiro atoms. The van der Waals surface area contributed by atoms with Crippen molar-refractivity contribution < 1.29 is 53.1 Å². The molecule has 11 nitrogen and oxygen atoms in total. The van der Waals surface area contributed by atoms with Crippen molar-refractivity contribution in [3.8, 4) is 0 Å². The van der Waals surface area contributed by atoms with Gasteiger partial charge >= 0.3 is 23.9 Å². The minimum atomic E-state index is -1.57. The first kappa shape index (κ1) is 34.5. The number of allylic oxidation sites excluding steroid dienone is 1. The maximum absolute atomic E-state index is 13.9. The molecule has 4 aliphatic carbocycles. The van der Waals surface area contributed by atoms with Gasteiger partial charge in [-0.05, 0) is 87.7 Å². The van der Waals surface area contributed by atoms with Gasteiger partial charge in [0.05, 0.1) is 11.5 Å². The van der Waals surface area contributed by atoms with Crippen molar-refractivity contribution in [2.45, 2.75) is 136 Å². The highest BCUT2D eigenvalue weighted by molar-refractivity contribution is 5.95. The third-order valence-corrected chi connectivity index (χ3v) is 12.8. The predicted molar refractivity (Wildman–Crippen MR) is 163 cm³/mol. The van der Waals surface area contributed by atoms with Gasteiger partial charge in [-0.25, -0.2) is 0 Å². The van der Waals surface area contributed by atoms with E-state index in [1.165, 1.54) is 20.8 Å². The standard InChI is InChI=1S/C35H50O11/c1-17-22(18(2)43-31(17)40)13-30(46-21(5)38)34(8,41)29-10-12-35(42)24-14-26(39)25-15-27(44-19(3)36)28(45-20(4)37)16-32(25,6)23(24)9-11-33(29,35)7/h14,17-18,22-23,25,27-30,41-42H,9-13,15-16H2,1-8H3. The van der Waals surface area contributed by atoms with E-state index in [0.717, 1.165) is 0 Å². The van der Waals surface area contributed by atoms with E-state index in [1.807, 2.05) is 13.8 Å². The van der Waals surface area contributed by atoms with Crippen LogP contribution in [0.1, 0.15) is 100 Å². The Hall–Kier alpha value is -2.79. The van der Waals surface area contributed by atoms with Crippen LogP contribution in [0.25, 0.3) is 0 Å². The number of esters is 4. The number of hydrogen-bond donors (Lipinski definition) is 2. The van der Waals surface area contributed by atoms with Crippen LogP contribution in [0.2, 0.25) is 0 Å². The zero-order valence-corrected chi connectivity index (χ0v) is 28.3. The largest absolute Gasteiger partial charge is 0.462 e. The normalized spacial score (nSPS) is 43.6. The molecule has 2 N–H and O–H groups in total. The molecule has 4 fully saturated rings. The van der Waals surface area contributed by atoms with Crippen LogP contribution in [-0.2, 0) is 42.9 Å². The molecule has 0 aromatic carbocycles. The fourth-order valence-electron chi connectivity index (χ4n) is 10.4. The van der Waals surface area contributed by atoms with Crippen molar-refractivity contribution in [2.24, 2.45) is 40.4 Å². The highest BCUT2D eigenvalue weighted by atomic mass is 16.6. The van der Waals surface area contributed by atoms with Crippen LogP contribution in [0.3, 0.4) is 0 Å². The summed E-state index contributed by atoms with van der Waals surface area (Å²) in [7, 11) is 0. The molecule has 0 aromatic rings. The SMILES string of the molecule is CC(=O)OC1CC2C(=O)C=C3C(CCC4(C)C(C(C)(O)C(CC5C(C)OC(=O)C5C)OC(C)=O)CCC34O)C2(C)CC1OC(C)=O. The van der Waals surface area contributed by atoms with E-state index in [0.29, 0.717) is 37.7 Å². The molecule has 11 heteroatoms. The number of cyclic esters (lactones) is 1. The smallest absolute Gasteiger partial charge is 0.309 e. The fraction of sp³-hybridized carbons (Fsp3) is 0.800. The van der Waals surface area contributed by atoms with Crippen LogP contribution >= 0.6 is 0 Å². The number of carbonyl (C=O) groups is 5. The lowest BCUT2D eigenvalue weighted by Gasteiger charge is -2.61. The first-order valence-corrected chi connectivity index (χ1v) is 16.7. The minimum absolute atomic E-state index is 0.160. The molecule has 0 amide bonds. The van der Waals surface area contributed by atoms with Crippen LogP contribution in [-0.4, -0.2) is 75.5 Å². The summed E-state index contributed by atoms with van der Waals surface area (Å²) in [5.41, 5.74) is -3.90. The zero-order valence-electron chi connectivity index (χ0n) is 28.3. The molecule has 5 rings (SSSR count). The Morgan fingerprint density at radius 2 is 1.63 bits per heavy atom. The number of rotatable bonds is 7. The molecule has 0 radical (unpaired) electrons. The predicted octanol–water partition coefficient (Wildman–Crippen LogP) is 3.60. The highest BCUT2D eigenvalue weighted by Crippen LogP contribution is 2.69. The molecule has 0 aromatic heterocycles.